The quantitative estimate of drug-likeness (QED) is 0.722. The lowest BCUT2D eigenvalue weighted by Crippen LogP contribution is -1.97. The summed E-state index contributed by atoms with van der Waals surface area (Å²) in [6.45, 7) is 1.08. The molecule has 4 nitrogen and oxygen atoms in total. The Kier molecular flexibility index (Phi) is 5.41. The number of hydrogen-bond donors (Lipinski definition) is 3. The Labute approximate surface area is 112 Å². The monoisotopic (exact) mass is 258 g/mol. The average molecular weight is 258 g/mol. The minimum absolute atomic E-state index is 0.759. The molecule has 2 aromatic rings. The fourth-order valence-electron chi connectivity index (χ4n) is 1.59. The predicted octanol–water partition coefficient (Wildman–Crippen LogP) is 2.53. The van der Waals surface area contributed by atoms with Gasteiger partial charge in [-0.05, 0) is 35.7 Å². The van der Waals surface area contributed by atoms with E-state index in [1.54, 1.807) is 0 Å². The van der Waals surface area contributed by atoms with Crippen molar-refractivity contribution in [2.45, 2.75) is 13.3 Å². The maximum atomic E-state index is 9.00. The van der Waals surface area contributed by atoms with Crippen LogP contribution in [0.5, 0.6) is 0 Å². The van der Waals surface area contributed by atoms with E-state index >= 15 is 0 Å². The van der Waals surface area contributed by atoms with Gasteiger partial charge in [0.25, 0.3) is 5.97 Å². The highest BCUT2D eigenvalue weighted by atomic mass is 16.4. The van der Waals surface area contributed by atoms with Gasteiger partial charge >= 0.3 is 0 Å². The molecule has 0 aliphatic rings. The lowest BCUT2D eigenvalue weighted by Gasteiger charge is -2.06. The number of carbonyl (C=O) groups is 1. The summed E-state index contributed by atoms with van der Waals surface area (Å²) in [5, 5.41) is 7.42. The third-order valence-corrected chi connectivity index (χ3v) is 2.40. The first kappa shape index (κ1) is 14.6. The third kappa shape index (κ3) is 5.59. The summed E-state index contributed by atoms with van der Waals surface area (Å²) in [6, 6.07) is 15.8. The molecule has 4 heteroatoms. The standard InChI is InChI=1S/C13H14N2.C2H4O2/c14-12-6-7-13(15)11(9-12)8-10-4-2-1-3-5-10;1-2(3)4/h1-7,9H,8,14-15H2;1H3,(H,3,4). The van der Waals surface area contributed by atoms with Gasteiger partial charge in [0.15, 0.2) is 0 Å². The summed E-state index contributed by atoms with van der Waals surface area (Å²) < 4.78 is 0. The van der Waals surface area contributed by atoms with Crippen LogP contribution in [0.4, 0.5) is 11.4 Å². The van der Waals surface area contributed by atoms with Crippen LogP contribution in [-0.2, 0) is 11.2 Å². The van der Waals surface area contributed by atoms with E-state index in [0.717, 1.165) is 30.3 Å². The van der Waals surface area contributed by atoms with Crippen molar-refractivity contribution in [2.24, 2.45) is 0 Å². The lowest BCUT2D eigenvalue weighted by molar-refractivity contribution is -0.134. The number of benzene rings is 2. The van der Waals surface area contributed by atoms with E-state index in [1.165, 1.54) is 5.56 Å². The molecular formula is C15H18N2O2. The van der Waals surface area contributed by atoms with Crippen molar-refractivity contribution in [1.29, 1.82) is 0 Å². The van der Waals surface area contributed by atoms with Gasteiger partial charge in [0.1, 0.15) is 0 Å². The summed E-state index contributed by atoms with van der Waals surface area (Å²) in [7, 11) is 0. The maximum Gasteiger partial charge on any atom is 0.300 e. The van der Waals surface area contributed by atoms with Gasteiger partial charge in [0.05, 0.1) is 0 Å². The molecule has 0 heterocycles. The molecule has 0 bridgehead atoms. The molecule has 0 radical (unpaired) electrons. The van der Waals surface area contributed by atoms with Crippen molar-refractivity contribution >= 4 is 17.3 Å². The zero-order valence-corrected chi connectivity index (χ0v) is 10.8. The Morgan fingerprint density at radius 3 is 2.26 bits per heavy atom. The number of hydrogen-bond acceptors (Lipinski definition) is 3. The van der Waals surface area contributed by atoms with E-state index in [1.807, 2.05) is 36.4 Å². The molecule has 0 aromatic heterocycles. The van der Waals surface area contributed by atoms with Crippen molar-refractivity contribution < 1.29 is 9.90 Å². The predicted molar refractivity (Wildman–Crippen MR) is 77.8 cm³/mol. The summed E-state index contributed by atoms with van der Waals surface area (Å²) in [5.74, 6) is -0.833. The third-order valence-electron chi connectivity index (χ3n) is 2.40. The van der Waals surface area contributed by atoms with Crippen LogP contribution in [0, 0.1) is 0 Å². The number of aliphatic carboxylic acids is 1. The SMILES string of the molecule is CC(=O)O.Nc1ccc(N)c(Cc2ccccc2)c1. The van der Waals surface area contributed by atoms with Gasteiger partial charge < -0.3 is 16.6 Å². The van der Waals surface area contributed by atoms with Crippen LogP contribution in [0.3, 0.4) is 0 Å². The van der Waals surface area contributed by atoms with Gasteiger partial charge in [-0.2, -0.15) is 0 Å². The van der Waals surface area contributed by atoms with Gasteiger partial charge in [-0.3, -0.25) is 4.79 Å². The zero-order valence-electron chi connectivity index (χ0n) is 10.8. The summed E-state index contributed by atoms with van der Waals surface area (Å²) in [6.07, 6.45) is 0.831. The van der Waals surface area contributed by atoms with Crippen LogP contribution >= 0.6 is 0 Å². The summed E-state index contributed by atoms with van der Waals surface area (Å²) in [5.41, 5.74) is 15.5. The van der Waals surface area contributed by atoms with Crippen LogP contribution < -0.4 is 11.5 Å². The minimum atomic E-state index is -0.833. The molecule has 0 spiro atoms. The smallest absolute Gasteiger partial charge is 0.300 e. The number of nitrogen functional groups attached to an aromatic ring is 2. The van der Waals surface area contributed by atoms with Crippen molar-refractivity contribution in [1.82, 2.24) is 0 Å². The van der Waals surface area contributed by atoms with Crippen molar-refractivity contribution in [3.63, 3.8) is 0 Å². The van der Waals surface area contributed by atoms with Gasteiger partial charge in [0, 0.05) is 18.3 Å². The number of rotatable bonds is 2. The molecule has 2 aromatic carbocycles. The molecule has 0 fully saturated rings. The zero-order chi connectivity index (χ0) is 14.3. The van der Waals surface area contributed by atoms with E-state index in [0.29, 0.717) is 0 Å². The second kappa shape index (κ2) is 7.06. The van der Waals surface area contributed by atoms with Crippen LogP contribution in [0.25, 0.3) is 0 Å². The van der Waals surface area contributed by atoms with Crippen LogP contribution in [-0.4, -0.2) is 11.1 Å². The second-order valence-corrected chi connectivity index (χ2v) is 4.14. The molecule has 0 saturated heterocycles. The van der Waals surface area contributed by atoms with Gasteiger partial charge in [-0.25, -0.2) is 0 Å². The molecule has 2 rings (SSSR count). The Morgan fingerprint density at radius 1 is 1.11 bits per heavy atom. The van der Waals surface area contributed by atoms with Crippen LogP contribution in [0.15, 0.2) is 48.5 Å². The fourth-order valence-corrected chi connectivity index (χ4v) is 1.59. The number of anilines is 2. The van der Waals surface area contributed by atoms with Crippen molar-refractivity contribution in [3.05, 3.63) is 59.7 Å². The lowest BCUT2D eigenvalue weighted by atomic mass is 10.0. The first-order chi connectivity index (χ1) is 8.99. The first-order valence-electron chi connectivity index (χ1n) is 5.86. The topological polar surface area (TPSA) is 89.3 Å². The van der Waals surface area contributed by atoms with E-state index < -0.39 is 5.97 Å². The van der Waals surface area contributed by atoms with Gasteiger partial charge in [0.2, 0.25) is 0 Å². The molecule has 0 amide bonds. The molecule has 100 valence electrons. The maximum absolute atomic E-state index is 9.00. The summed E-state index contributed by atoms with van der Waals surface area (Å²) >= 11 is 0. The number of carboxylic acid groups (broad SMARTS) is 1. The van der Waals surface area contributed by atoms with Crippen LogP contribution in [0.2, 0.25) is 0 Å². The molecular weight excluding hydrogens is 240 g/mol. The summed E-state index contributed by atoms with van der Waals surface area (Å²) in [4.78, 5) is 9.00. The first-order valence-corrected chi connectivity index (χ1v) is 5.86. The second-order valence-electron chi connectivity index (χ2n) is 4.14. The van der Waals surface area contributed by atoms with E-state index in [9.17, 15) is 0 Å². The van der Waals surface area contributed by atoms with E-state index in [4.69, 9.17) is 21.4 Å². The molecule has 0 unspecified atom stereocenters. The van der Waals surface area contributed by atoms with Gasteiger partial charge in [-0.15, -0.1) is 0 Å². The van der Waals surface area contributed by atoms with E-state index in [-0.39, 0.29) is 0 Å². The molecule has 19 heavy (non-hydrogen) atoms. The largest absolute Gasteiger partial charge is 0.481 e. The number of carboxylic acids is 1. The average Bonchev–Trinajstić information content (AvgIpc) is 2.34. The highest BCUT2D eigenvalue weighted by Gasteiger charge is 2.00. The Hall–Kier alpha value is -2.49. The molecule has 5 N–H and O–H groups in total. The van der Waals surface area contributed by atoms with Crippen molar-refractivity contribution in [3.8, 4) is 0 Å². The highest BCUT2D eigenvalue weighted by molar-refractivity contribution is 5.63. The molecule has 0 atom stereocenters. The molecule has 0 saturated carbocycles. The van der Waals surface area contributed by atoms with Crippen LogP contribution in [0.1, 0.15) is 18.1 Å². The Bertz CT molecular complexity index is 535. The van der Waals surface area contributed by atoms with E-state index in [2.05, 4.69) is 12.1 Å². The molecule has 0 aliphatic carbocycles. The molecule has 0 aliphatic heterocycles. The Balaban J connectivity index is 0.000000399. The number of nitrogens with two attached hydrogens (primary N) is 2. The fraction of sp³-hybridized carbons (Fsp3) is 0.133. The highest BCUT2D eigenvalue weighted by Crippen LogP contribution is 2.19. The normalized spacial score (nSPS) is 9.32. The minimum Gasteiger partial charge on any atom is -0.481 e. The van der Waals surface area contributed by atoms with Gasteiger partial charge in [-0.1, -0.05) is 30.3 Å². The Morgan fingerprint density at radius 2 is 1.68 bits per heavy atom. The van der Waals surface area contributed by atoms with Crippen molar-refractivity contribution in [2.75, 3.05) is 11.5 Å².